The molecule has 1 aromatic rings. The topological polar surface area (TPSA) is 34.6 Å². The second kappa shape index (κ2) is 11.4. The van der Waals surface area contributed by atoms with Gasteiger partial charge in [-0.1, -0.05) is 19.9 Å². The van der Waals surface area contributed by atoms with Crippen molar-refractivity contribution < 1.29 is 9.47 Å². The molecular formula is C13H24N2O2. The number of hydrogen-bond acceptors (Lipinski definition) is 4. The molecule has 0 bridgehead atoms. The molecule has 0 aliphatic carbocycles. The van der Waals surface area contributed by atoms with Crippen molar-refractivity contribution in [2.45, 2.75) is 13.8 Å². The van der Waals surface area contributed by atoms with Crippen molar-refractivity contribution in [3.05, 3.63) is 24.4 Å². The van der Waals surface area contributed by atoms with Crippen LogP contribution in [0.3, 0.4) is 0 Å². The average Bonchev–Trinajstić information content (AvgIpc) is 2.43. The fourth-order valence-corrected chi connectivity index (χ4v) is 1.12. The summed E-state index contributed by atoms with van der Waals surface area (Å²) in [6, 6.07) is 5.54. The average molecular weight is 240 g/mol. The molecule has 0 amide bonds. The SMILES string of the molecule is CC.CN1CCOCC1.COc1ccccn1. The fourth-order valence-electron chi connectivity index (χ4n) is 1.12. The van der Waals surface area contributed by atoms with Crippen LogP contribution in [0.2, 0.25) is 0 Å². The van der Waals surface area contributed by atoms with E-state index < -0.39 is 0 Å². The molecule has 0 spiro atoms. The van der Waals surface area contributed by atoms with Crippen LogP contribution in [0.5, 0.6) is 5.88 Å². The standard InChI is InChI=1S/C6H7NO.C5H11NO.C2H6/c1-8-6-4-2-3-5-7-6;1-6-2-4-7-5-3-6;1-2/h2-5H,1H3;2-5H2,1H3;1-2H3. The first-order valence-electron chi connectivity index (χ1n) is 6.04. The van der Waals surface area contributed by atoms with Crippen molar-refractivity contribution in [3.63, 3.8) is 0 Å². The van der Waals surface area contributed by atoms with E-state index in [0.717, 1.165) is 26.3 Å². The van der Waals surface area contributed by atoms with E-state index in [1.807, 2.05) is 26.0 Å². The Morgan fingerprint density at radius 2 is 1.88 bits per heavy atom. The second-order valence-corrected chi connectivity index (χ2v) is 3.29. The molecule has 1 aromatic heterocycles. The third kappa shape index (κ3) is 8.65. The number of pyridine rings is 1. The van der Waals surface area contributed by atoms with Gasteiger partial charge in [0.05, 0.1) is 20.3 Å². The van der Waals surface area contributed by atoms with E-state index in [-0.39, 0.29) is 0 Å². The third-order valence-corrected chi connectivity index (χ3v) is 2.08. The minimum Gasteiger partial charge on any atom is -0.481 e. The summed E-state index contributed by atoms with van der Waals surface area (Å²) in [5.41, 5.74) is 0. The predicted molar refractivity (Wildman–Crippen MR) is 70.5 cm³/mol. The van der Waals surface area contributed by atoms with E-state index in [4.69, 9.17) is 9.47 Å². The van der Waals surface area contributed by atoms with Crippen molar-refractivity contribution >= 4 is 0 Å². The van der Waals surface area contributed by atoms with Gasteiger partial charge in [-0.2, -0.15) is 0 Å². The minimum absolute atomic E-state index is 0.660. The number of hydrogen-bond donors (Lipinski definition) is 0. The summed E-state index contributed by atoms with van der Waals surface area (Å²) < 4.78 is 9.90. The number of ether oxygens (including phenoxy) is 2. The maximum Gasteiger partial charge on any atom is 0.212 e. The molecule has 1 aliphatic rings. The molecule has 4 heteroatoms. The zero-order valence-corrected chi connectivity index (χ0v) is 11.3. The molecule has 2 heterocycles. The Morgan fingerprint density at radius 3 is 2.18 bits per heavy atom. The van der Waals surface area contributed by atoms with Crippen LogP contribution in [0.15, 0.2) is 24.4 Å². The molecule has 0 saturated carbocycles. The molecule has 0 unspecified atom stereocenters. The maximum absolute atomic E-state index is 5.10. The van der Waals surface area contributed by atoms with Gasteiger partial charge in [0.15, 0.2) is 0 Å². The zero-order chi connectivity index (χ0) is 12.9. The Balaban J connectivity index is 0.000000265. The van der Waals surface area contributed by atoms with Gasteiger partial charge in [-0.25, -0.2) is 4.98 Å². The highest BCUT2D eigenvalue weighted by Crippen LogP contribution is 1.99. The lowest BCUT2D eigenvalue weighted by Crippen LogP contribution is -2.32. The zero-order valence-electron chi connectivity index (χ0n) is 11.3. The summed E-state index contributed by atoms with van der Waals surface area (Å²) in [4.78, 5) is 6.14. The van der Waals surface area contributed by atoms with Gasteiger partial charge in [-0.3, -0.25) is 0 Å². The second-order valence-electron chi connectivity index (χ2n) is 3.29. The van der Waals surface area contributed by atoms with Gasteiger partial charge in [0.25, 0.3) is 0 Å². The smallest absolute Gasteiger partial charge is 0.212 e. The van der Waals surface area contributed by atoms with E-state index in [1.165, 1.54) is 0 Å². The summed E-state index contributed by atoms with van der Waals surface area (Å²) in [5.74, 6) is 0.660. The van der Waals surface area contributed by atoms with Crippen molar-refractivity contribution in [1.82, 2.24) is 9.88 Å². The van der Waals surface area contributed by atoms with Gasteiger partial charge in [0.1, 0.15) is 0 Å². The molecule has 4 nitrogen and oxygen atoms in total. The number of likely N-dealkylation sites (N-methyl/N-ethyl adjacent to an activating group) is 1. The summed E-state index contributed by atoms with van der Waals surface area (Å²) in [5, 5.41) is 0. The van der Waals surface area contributed by atoms with Crippen molar-refractivity contribution in [2.24, 2.45) is 0 Å². The number of methoxy groups -OCH3 is 1. The molecule has 2 rings (SSSR count). The monoisotopic (exact) mass is 240 g/mol. The summed E-state index contributed by atoms with van der Waals surface area (Å²) in [6.45, 7) is 8.02. The summed E-state index contributed by atoms with van der Waals surface area (Å²) in [6.07, 6.45) is 1.69. The number of rotatable bonds is 1. The molecule has 0 radical (unpaired) electrons. The quantitative estimate of drug-likeness (QED) is 0.752. The maximum atomic E-state index is 5.10. The van der Waals surface area contributed by atoms with Crippen LogP contribution >= 0.6 is 0 Å². The Hall–Kier alpha value is -1.13. The lowest BCUT2D eigenvalue weighted by Gasteiger charge is -2.21. The van der Waals surface area contributed by atoms with Crippen LogP contribution in [0.4, 0.5) is 0 Å². The van der Waals surface area contributed by atoms with E-state index >= 15 is 0 Å². The summed E-state index contributed by atoms with van der Waals surface area (Å²) >= 11 is 0. The van der Waals surface area contributed by atoms with Gasteiger partial charge in [-0.05, 0) is 13.1 Å². The first kappa shape index (κ1) is 15.9. The van der Waals surface area contributed by atoms with Crippen LogP contribution in [-0.4, -0.2) is 50.3 Å². The first-order valence-corrected chi connectivity index (χ1v) is 6.04. The predicted octanol–water partition coefficient (Wildman–Crippen LogP) is 2.06. The van der Waals surface area contributed by atoms with Gasteiger partial charge < -0.3 is 14.4 Å². The summed E-state index contributed by atoms with van der Waals surface area (Å²) in [7, 11) is 3.71. The molecule has 0 atom stereocenters. The van der Waals surface area contributed by atoms with Crippen LogP contribution in [0.25, 0.3) is 0 Å². The van der Waals surface area contributed by atoms with E-state index in [0.29, 0.717) is 5.88 Å². The molecular weight excluding hydrogens is 216 g/mol. The lowest BCUT2D eigenvalue weighted by molar-refractivity contribution is 0.0503. The molecule has 98 valence electrons. The van der Waals surface area contributed by atoms with Crippen LogP contribution in [0, 0.1) is 0 Å². The van der Waals surface area contributed by atoms with Crippen LogP contribution in [-0.2, 0) is 4.74 Å². The first-order chi connectivity index (χ1) is 8.33. The number of morpholine rings is 1. The molecule has 1 aliphatic heterocycles. The van der Waals surface area contributed by atoms with E-state index in [2.05, 4.69) is 16.9 Å². The Labute approximate surface area is 105 Å². The molecule has 0 N–H and O–H groups in total. The Kier molecular flexibility index (Phi) is 10.6. The van der Waals surface area contributed by atoms with Gasteiger partial charge in [-0.15, -0.1) is 0 Å². The fraction of sp³-hybridized carbons (Fsp3) is 0.615. The molecule has 1 saturated heterocycles. The highest BCUT2D eigenvalue weighted by atomic mass is 16.5. The Morgan fingerprint density at radius 1 is 1.24 bits per heavy atom. The highest BCUT2D eigenvalue weighted by molar-refractivity contribution is 5.08. The largest absolute Gasteiger partial charge is 0.481 e. The van der Waals surface area contributed by atoms with Crippen molar-refractivity contribution in [3.8, 4) is 5.88 Å². The van der Waals surface area contributed by atoms with E-state index in [9.17, 15) is 0 Å². The van der Waals surface area contributed by atoms with Gasteiger partial charge in [0, 0.05) is 25.4 Å². The molecule has 17 heavy (non-hydrogen) atoms. The Bertz CT molecular complexity index is 249. The van der Waals surface area contributed by atoms with Crippen molar-refractivity contribution in [1.29, 1.82) is 0 Å². The lowest BCUT2D eigenvalue weighted by atomic mass is 10.5. The third-order valence-electron chi connectivity index (χ3n) is 2.08. The van der Waals surface area contributed by atoms with Gasteiger partial charge >= 0.3 is 0 Å². The van der Waals surface area contributed by atoms with E-state index in [1.54, 1.807) is 19.4 Å². The van der Waals surface area contributed by atoms with Gasteiger partial charge in [0.2, 0.25) is 5.88 Å². The normalized spacial score (nSPS) is 14.8. The number of aromatic nitrogens is 1. The minimum atomic E-state index is 0.660. The highest BCUT2D eigenvalue weighted by Gasteiger charge is 2.02. The molecule has 1 fully saturated rings. The van der Waals surface area contributed by atoms with Crippen LogP contribution in [0.1, 0.15) is 13.8 Å². The van der Waals surface area contributed by atoms with Crippen LogP contribution < -0.4 is 4.74 Å². The molecule has 0 aromatic carbocycles. The number of nitrogens with zero attached hydrogens (tertiary/aromatic N) is 2. The van der Waals surface area contributed by atoms with Crippen molar-refractivity contribution in [2.75, 3.05) is 40.5 Å².